The molecule has 0 radical (unpaired) electrons. The van der Waals surface area contributed by atoms with Crippen LogP contribution in [0.15, 0.2) is 30.3 Å². The van der Waals surface area contributed by atoms with E-state index >= 15 is 0 Å². The van der Waals surface area contributed by atoms with Crippen LogP contribution in [0.2, 0.25) is 0 Å². The number of likely N-dealkylation sites (N-methyl/N-ethyl adjacent to an activating group) is 1. The van der Waals surface area contributed by atoms with Crippen molar-refractivity contribution in [3.05, 3.63) is 35.9 Å². The minimum absolute atomic E-state index is 0.227. The van der Waals surface area contributed by atoms with Crippen LogP contribution in [0, 0.1) is 0 Å². The fourth-order valence-corrected chi connectivity index (χ4v) is 2.53. The first-order valence-corrected chi connectivity index (χ1v) is 8.44. The molecule has 142 valence electrons. The summed E-state index contributed by atoms with van der Waals surface area (Å²) in [4.78, 5) is 18.7. The monoisotopic (exact) mass is 369 g/mol. The van der Waals surface area contributed by atoms with Crippen LogP contribution in [-0.2, 0) is 0 Å². The molecule has 1 N–H and O–H groups in total. The van der Waals surface area contributed by atoms with Crippen LogP contribution < -0.4 is 10.1 Å². The predicted molar refractivity (Wildman–Crippen MR) is 93.4 cm³/mol. The van der Waals surface area contributed by atoms with Crippen LogP contribution >= 0.6 is 0 Å². The molecule has 0 saturated carbocycles. The SMILES string of the molecule is CCN(CC)CCNC(=O)c1cc(OCC(F)(F)F)nc2ccccc12. The summed E-state index contributed by atoms with van der Waals surface area (Å²) in [6.07, 6.45) is -4.47. The summed E-state index contributed by atoms with van der Waals surface area (Å²) in [5.41, 5.74) is 0.647. The van der Waals surface area contributed by atoms with E-state index in [4.69, 9.17) is 4.74 Å². The topological polar surface area (TPSA) is 54.5 Å². The van der Waals surface area contributed by atoms with E-state index < -0.39 is 12.8 Å². The number of pyridine rings is 1. The lowest BCUT2D eigenvalue weighted by Crippen LogP contribution is -2.34. The van der Waals surface area contributed by atoms with Crippen LogP contribution in [0.3, 0.4) is 0 Å². The minimum atomic E-state index is -4.47. The molecule has 1 heterocycles. The highest BCUT2D eigenvalue weighted by Gasteiger charge is 2.29. The molecule has 2 rings (SSSR count). The van der Waals surface area contributed by atoms with Gasteiger partial charge in [-0.15, -0.1) is 0 Å². The quantitative estimate of drug-likeness (QED) is 0.776. The fraction of sp³-hybridized carbons (Fsp3) is 0.444. The Labute approximate surface area is 150 Å². The molecule has 2 aromatic rings. The summed E-state index contributed by atoms with van der Waals surface area (Å²) in [5.74, 6) is -0.595. The number of amides is 1. The first-order chi connectivity index (χ1) is 12.3. The Morgan fingerprint density at radius 1 is 1.23 bits per heavy atom. The normalized spacial score (nSPS) is 11.8. The summed E-state index contributed by atoms with van der Waals surface area (Å²) in [7, 11) is 0. The van der Waals surface area contributed by atoms with E-state index in [0.717, 1.165) is 13.1 Å². The van der Waals surface area contributed by atoms with Gasteiger partial charge in [0.1, 0.15) is 0 Å². The number of hydrogen-bond acceptors (Lipinski definition) is 4. The Kier molecular flexibility index (Phi) is 6.79. The molecule has 0 spiro atoms. The predicted octanol–water partition coefficient (Wildman–Crippen LogP) is 3.25. The second kappa shape index (κ2) is 8.84. The summed E-state index contributed by atoms with van der Waals surface area (Å²) in [6, 6.07) is 8.02. The lowest BCUT2D eigenvalue weighted by atomic mass is 10.1. The molecule has 0 aliphatic rings. The molecular weight excluding hydrogens is 347 g/mol. The number of aromatic nitrogens is 1. The standard InChI is InChI=1S/C18H22F3N3O2/c1-3-24(4-2)10-9-22-17(25)14-11-16(26-12-18(19,20)21)23-15-8-6-5-7-13(14)15/h5-8,11H,3-4,9-10,12H2,1-2H3,(H,22,25). The van der Waals surface area contributed by atoms with Crippen molar-refractivity contribution in [2.75, 3.05) is 32.8 Å². The van der Waals surface area contributed by atoms with Gasteiger partial charge in [-0.1, -0.05) is 32.0 Å². The molecule has 8 heteroatoms. The number of carbonyl (C=O) groups is 1. The van der Waals surface area contributed by atoms with Crippen LogP contribution in [0.25, 0.3) is 10.9 Å². The highest BCUT2D eigenvalue weighted by molar-refractivity contribution is 6.06. The van der Waals surface area contributed by atoms with E-state index in [-0.39, 0.29) is 17.4 Å². The molecule has 0 bridgehead atoms. The highest BCUT2D eigenvalue weighted by atomic mass is 19.4. The fourth-order valence-electron chi connectivity index (χ4n) is 2.53. The van der Waals surface area contributed by atoms with Crippen LogP contribution in [0.4, 0.5) is 13.2 Å². The van der Waals surface area contributed by atoms with Crippen LogP contribution in [0.5, 0.6) is 5.88 Å². The van der Waals surface area contributed by atoms with Gasteiger partial charge in [0.05, 0.1) is 11.1 Å². The third-order valence-electron chi connectivity index (χ3n) is 3.93. The number of rotatable bonds is 8. The Balaban J connectivity index is 2.19. The first kappa shape index (κ1) is 20.0. The number of fused-ring (bicyclic) bond motifs is 1. The van der Waals surface area contributed by atoms with Gasteiger partial charge in [-0.05, 0) is 19.2 Å². The number of para-hydroxylation sites is 1. The van der Waals surface area contributed by atoms with Crippen LogP contribution in [-0.4, -0.2) is 54.8 Å². The van der Waals surface area contributed by atoms with E-state index in [2.05, 4.69) is 15.2 Å². The highest BCUT2D eigenvalue weighted by Crippen LogP contribution is 2.24. The number of halogens is 3. The zero-order valence-electron chi connectivity index (χ0n) is 14.8. The number of benzene rings is 1. The van der Waals surface area contributed by atoms with E-state index in [9.17, 15) is 18.0 Å². The van der Waals surface area contributed by atoms with Gasteiger partial charge in [0.15, 0.2) is 6.61 Å². The van der Waals surface area contributed by atoms with Gasteiger partial charge in [-0.2, -0.15) is 13.2 Å². The number of carbonyl (C=O) groups excluding carboxylic acids is 1. The third kappa shape index (κ3) is 5.59. The van der Waals surface area contributed by atoms with E-state index in [1.54, 1.807) is 24.3 Å². The van der Waals surface area contributed by atoms with E-state index in [0.29, 0.717) is 24.0 Å². The van der Waals surface area contributed by atoms with Gasteiger partial charge in [0.2, 0.25) is 5.88 Å². The maximum atomic E-state index is 12.5. The zero-order valence-corrected chi connectivity index (χ0v) is 14.8. The molecule has 0 unspecified atom stereocenters. The molecule has 1 aromatic carbocycles. The third-order valence-corrected chi connectivity index (χ3v) is 3.93. The van der Waals surface area contributed by atoms with E-state index in [1.807, 2.05) is 13.8 Å². The van der Waals surface area contributed by atoms with Gasteiger partial charge in [0.25, 0.3) is 5.91 Å². The van der Waals surface area contributed by atoms with Crippen molar-refractivity contribution >= 4 is 16.8 Å². The molecule has 5 nitrogen and oxygen atoms in total. The minimum Gasteiger partial charge on any atom is -0.468 e. The van der Waals surface area contributed by atoms with Crippen LogP contribution in [0.1, 0.15) is 24.2 Å². The molecule has 0 aliphatic heterocycles. The Bertz CT molecular complexity index is 746. The van der Waals surface area contributed by atoms with Gasteiger partial charge >= 0.3 is 6.18 Å². The van der Waals surface area contributed by atoms with Crippen molar-refractivity contribution < 1.29 is 22.7 Å². The number of alkyl halides is 3. The molecule has 0 aliphatic carbocycles. The van der Waals surface area contributed by atoms with Crippen molar-refractivity contribution in [3.63, 3.8) is 0 Å². The van der Waals surface area contributed by atoms with Gasteiger partial charge in [-0.3, -0.25) is 4.79 Å². The molecule has 26 heavy (non-hydrogen) atoms. The molecule has 0 fully saturated rings. The lowest BCUT2D eigenvalue weighted by Gasteiger charge is -2.18. The van der Waals surface area contributed by atoms with Gasteiger partial charge in [-0.25, -0.2) is 4.98 Å². The maximum Gasteiger partial charge on any atom is 0.422 e. The Hall–Kier alpha value is -2.35. The van der Waals surface area contributed by atoms with Crippen molar-refractivity contribution in [3.8, 4) is 5.88 Å². The van der Waals surface area contributed by atoms with E-state index in [1.165, 1.54) is 6.07 Å². The number of ether oxygens (including phenoxy) is 1. The summed E-state index contributed by atoms with van der Waals surface area (Å²) in [6.45, 7) is 5.49. The molecule has 1 aromatic heterocycles. The molecule has 0 saturated heterocycles. The van der Waals surface area contributed by atoms with Crippen molar-refractivity contribution in [1.82, 2.24) is 15.2 Å². The molecule has 0 atom stereocenters. The largest absolute Gasteiger partial charge is 0.468 e. The Morgan fingerprint density at radius 3 is 2.58 bits per heavy atom. The van der Waals surface area contributed by atoms with Crippen molar-refractivity contribution in [2.24, 2.45) is 0 Å². The second-order valence-corrected chi connectivity index (χ2v) is 5.71. The summed E-state index contributed by atoms with van der Waals surface area (Å²) >= 11 is 0. The summed E-state index contributed by atoms with van der Waals surface area (Å²) < 4.78 is 41.9. The smallest absolute Gasteiger partial charge is 0.422 e. The second-order valence-electron chi connectivity index (χ2n) is 5.71. The number of hydrogen-bond donors (Lipinski definition) is 1. The van der Waals surface area contributed by atoms with Gasteiger partial charge in [0, 0.05) is 24.5 Å². The molecular formula is C18H22F3N3O2. The first-order valence-electron chi connectivity index (χ1n) is 8.44. The average Bonchev–Trinajstić information content (AvgIpc) is 2.62. The lowest BCUT2D eigenvalue weighted by molar-refractivity contribution is -0.154. The number of nitrogens with zero attached hydrogens (tertiary/aromatic N) is 2. The van der Waals surface area contributed by atoms with Crippen molar-refractivity contribution in [2.45, 2.75) is 20.0 Å². The average molecular weight is 369 g/mol. The maximum absolute atomic E-state index is 12.5. The van der Waals surface area contributed by atoms with Crippen molar-refractivity contribution in [1.29, 1.82) is 0 Å². The molecule has 1 amide bonds. The zero-order chi connectivity index (χ0) is 19.2. The van der Waals surface area contributed by atoms with Gasteiger partial charge < -0.3 is 15.0 Å². The summed E-state index contributed by atoms with van der Waals surface area (Å²) in [5, 5.41) is 3.37. The number of nitrogens with one attached hydrogen (secondary N) is 1. The Morgan fingerprint density at radius 2 is 1.92 bits per heavy atom.